The minimum absolute atomic E-state index is 0.0405. The average molecular weight is 272 g/mol. The molecule has 0 aromatic carbocycles. The van der Waals surface area contributed by atoms with Crippen LogP contribution >= 0.6 is 0 Å². The zero-order chi connectivity index (χ0) is 14.6. The van der Waals surface area contributed by atoms with Gasteiger partial charge in [0, 0.05) is 12.6 Å². The maximum Gasteiger partial charge on any atom is 0.407 e. The van der Waals surface area contributed by atoms with E-state index in [4.69, 9.17) is 9.84 Å². The predicted molar refractivity (Wildman–Crippen MR) is 71.0 cm³/mol. The lowest BCUT2D eigenvalue weighted by molar-refractivity contribution is -0.138. The molecule has 1 fully saturated rings. The number of nitrogens with zero attached hydrogens (tertiary/aromatic N) is 1. The van der Waals surface area contributed by atoms with Gasteiger partial charge in [-0.3, -0.25) is 4.79 Å². The van der Waals surface area contributed by atoms with E-state index in [1.807, 2.05) is 7.05 Å². The number of hydrogen-bond acceptors (Lipinski definition) is 4. The molecule has 0 aromatic heterocycles. The number of carbonyl (C=O) groups excluding carboxylic acids is 1. The highest BCUT2D eigenvalue weighted by molar-refractivity contribution is 5.69. The summed E-state index contributed by atoms with van der Waals surface area (Å²) in [6.45, 7) is 6.90. The molecule has 110 valence electrons. The number of nitrogens with one attached hydrogen (secondary N) is 1. The van der Waals surface area contributed by atoms with Gasteiger partial charge in [-0.15, -0.1) is 0 Å². The zero-order valence-corrected chi connectivity index (χ0v) is 12.1. The predicted octanol–water partition coefficient (Wildman–Crippen LogP) is 1.31. The first-order chi connectivity index (χ1) is 8.67. The summed E-state index contributed by atoms with van der Waals surface area (Å²) in [5, 5.41) is 11.7. The summed E-state index contributed by atoms with van der Waals surface area (Å²) in [6, 6.07) is -0.176. The van der Waals surface area contributed by atoms with Crippen molar-refractivity contribution < 1.29 is 19.4 Å². The van der Waals surface area contributed by atoms with Crippen LogP contribution in [-0.2, 0) is 9.53 Å². The van der Waals surface area contributed by atoms with Crippen molar-refractivity contribution in [1.29, 1.82) is 0 Å². The Labute approximate surface area is 114 Å². The number of piperidine rings is 1. The Hall–Kier alpha value is -1.30. The van der Waals surface area contributed by atoms with Crippen LogP contribution in [0.2, 0.25) is 0 Å². The van der Waals surface area contributed by atoms with Crippen LogP contribution in [0, 0.1) is 5.92 Å². The van der Waals surface area contributed by atoms with Gasteiger partial charge in [0.15, 0.2) is 0 Å². The first-order valence-electron chi connectivity index (χ1n) is 6.57. The second-order valence-corrected chi connectivity index (χ2v) is 6.16. The van der Waals surface area contributed by atoms with Gasteiger partial charge in [0.25, 0.3) is 0 Å². The molecule has 1 aliphatic heterocycles. The molecule has 6 heteroatoms. The van der Waals surface area contributed by atoms with Gasteiger partial charge in [0.05, 0.1) is 6.42 Å². The lowest BCUT2D eigenvalue weighted by Crippen LogP contribution is -2.52. The molecule has 0 aliphatic carbocycles. The number of ether oxygens (including phenoxy) is 1. The van der Waals surface area contributed by atoms with E-state index in [2.05, 4.69) is 10.2 Å². The van der Waals surface area contributed by atoms with E-state index in [9.17, 15) is 9.59 Å². The van der Waals surface area contributed by atoms with E-state index in [1.165, 1.54) is 0 Å². The van der Waals surface area contributed by atoms with Crippen LogP contribution < -0.4 is 5.32 Å². The van der Waals surface area contributed by atoms with E-state index >= 15 is 0 Å². The van der Waals surface area contributed by atoms with Gasteiger partial charge < -0.3 is 20.1 Å². The quantitative estimate of drug-likeness (QED) is 0.809. The Morgan fingerprint density at radius 1 is 1.42 bits per heavy atom. The summed E-state index contributed by atoms with van der Waals surface area (Å²) in [7, 11) is 1.96. The molecular weight excluding hydrogens is 248 g/mol. The highest BCUT2D eigenvalue weighted by atomic mass is 16.6. The molecule has 2 N–H and O–H groups in total. The highest BCUT2D eigenvalue weighted by Crippen LogP contribution is 2.21. The summed E-state index contributed by atoms with van der Waals surface area (Å²) in [6.07, 6.45) is 0.362. The van der Waals surface area contributed by atoms with Crippen LogP contribution in [0.1, 0.15) is 33.6 Å². The van der Waals surface area contributed by atoms with Crippen LogP contribution in [0.25, 0.3) is 0 Å². The number of rotatable bonds is 3. The summed E-state index contributed by atoms with van der Waals surface area (Å²) in [5.74, 6) is -0.869. The molecular formula is C13H24N2O4. The van der Waals surface area contributed by atoms with Crippen molar-refractivity contribution in [2.45, 2.75) is 45.3 Å². The fraction of sp³-hybridized carbons (Fsp3) is 0.846. The van der Waals surface area contributed by atoms with E-state index in [1.54, 1.807) is 20.8 Å². The van der Waals surface area contributed by atoms with Crippen molar-refractivity contribution in [3.05, 3.63) is 0 Å². The van der Waals surface area contributed by atoms with Crippen molar-refractivity contribution in [1.82, 2.24) is 10.2 Å². The standard InChI is InChI=1S/C13H24N2O4/c1-13(2,3)19-12(18)14-10-8-15(4)6-5-9(10)7-11(16)17/h9-10H,5-8H2,1-4H3,(H,14,18)(H,16,17)/t9-,10-/m1/s1. The fourth-order valence-corrected chi connectivity index (χ4v) is 2.25. The van der Waals surface area contributed by atoms with Gasteiger partial charge in [0.2, 0.25) is 0 Å². The molecule has 0 spiro atoms. The molecule has 0 bridgehead atoms. The third kappa shape index (κ3) is 5.92. The van der Waals surface area contributed by atoms with Crippen LogP contribution in [-0.4, -0.2) is 53.8 Å². The lowest BCUT2D eigenvalue weighted by Gasteiger charge is -2.36. The third-order valence-electron chi connectivity index (χ3n) is 3.10. The average Bonchev–Trinajstić information content (AvgIpc) is 2.18. The lowest BCUT2D eigenvalue weighted by atomic mass is 9.89. The number of likely N-dealkylation sites (N-methyl/N-ethyl adjacent to an activating group) is 1. The van der Waals surface area contributed by atoms with Gasteiger partial charge in [-0.25, -0.2) is 4.79 Å². The molecule has 1 aliphatic rings. The Bertz CT molecular complexity index is 338. The first-order valence-corrected chi connectivity index (χ1v) is 6.57. The summed E-state index contributed by atoms with van der Waals surface area (Å²) in [4.78, 5) is 24.7. The van der Waals surface area contributed by atoms with Crippen molar-refractivity contribution in [3.8, 4) is 0 Å². The fourth-order valence-electron chi connectivity index (χ4n) is 2.25. The molecule has 0 unspecified atom stereocenters. The molecule has 1 saturated heterocycles. The Morgan fingerprint density at radius 2 is 2.05 bits per heavy atom. The van der Waals surface area contributed by atoms with Crippen LogP contribution in [0.15, 0.2) is 0 Å². The number of hydrogen-bond donors (Lipinski definition) is 2. The number of likely N-dealkylation sites (tertiary alicyclic amines) is 1. The molecule has 1 heterocycles. The monoisotopic (exact) mass is 272 g/mol. The molecule has 0 saturated carbocycles. The summed E-state index contributed by atoms with van der Waals surface area (Å²) >= 11 is 0. The van der Waals surface area contributed by atoms with Crippen LogP contribution in [0.5, 0.6) is 0 Å². The molecule has 19 heavy (non-hydrogen) atoms. The maximum atomic E-state index is 11.8. The van der Waals surface area contributed by atoms with Gasteiger partial charge in [-0.05, 0) is 46.7 Å². The number of amides is 1. The number of alkyl carbamates (subject to hydrolysis) is 1. The Kier molecular flexibility index (Phi) is 5.17. The number of aliphatic carboxylic acids is 1. The largest absolute Gasteiger partial charge is 0.481 e. The van der Waals surface area contributed by atoms with Gasteiger partial charge in [0.1, 0.15) is 5.60 Å². The topological polar surface area (TPSA) is 78.9 Å². The first kappa shape index (κ1) is 15.8. The summed E-state index contributed by atoms with van der Waals surface area (Å²) in [5.41, 5.74) is -0.549. The van der Waals surface area contributed by atoms with Crippen molar-refractivity contribution in [2.24, 2.45) is 5.92 Å². The van der Waals surface area contributed by atoms with Crippen LogP contribution in [0.4, 0.5) is 4.79 Å². The van der Waals surface area contributed by atoms with E-state index in [0.29, 0.717) is 6.54 Å². The second-order valence-electron chi connectivity index (χ2n) is 6.16. The maximum absolute atomic E-state index is 11.8. The van der Waals surface area contributed by atoms with Crippen LogP contribution in [0.3, 0.4) is 0 Å². The molecule has 2 atom stereocenters. The molecule has 1 rings (SSSR count). The number of carbonyl (C=O) groups is 2. The molecule has 0 radical (unpaired) electrons. The number of carboxylic acids is 1. The van der Waals surface area contributed by atoms with Gasteiger partial charge in [-0.1, -0.05) is 0 Å². The Morgan fingerprint density at radius 3 is 2.58 bits per heavy atom. The van der Waals surface area contributed by atoms with Crippen molar-refractivity contribution >= 4 is 12.1 Å². The van der Waals surface area contributed by atoms with E-state index in [-0.39, 0.29) is 18.4 Å². The molecule has 6 nitrogen and oxygen atoms in total. The minimum atomic E-state index is -0.828. The van der Waals surface area contributed by atoms with Crippen molar-refractivity contribution in [2.75, 3.05) is 20.1 Å². The second kappa shape index (κ2) is 6.23. The van der Waals surface area contributed by atoms with E-state index < -0.39 is 17.7 Å². The SMILES string of the molecule is CN1CC[C@H](CC(=O)O)[C@H](NC(=O)OC(C)(C)C)C1. The Balaban J connectivity index is 2.59. The minimum Gasteiger partial charge on any atom is -0.481 e. The normalized spacial score (nSPS) is 24.8. The highest BCUT2D eigenvalue weighted by Gasteiger charge is 2.31. The van der Waals surface area contributed by atoms with Crippen molar-refractivity contribution in [3.63, 3.8) is 0 Å². The molecule has 1 amide bonds. The smallest absolute Gasteiger partial charge is 0.407 e. The van der Waals surface area contributed by atoms with Gasteiger partial charge >= 0.3 is 12.1 Å². The third-order valence-corrected chi connectivity index (χ3v) is 3.10. The van der Waals surface area contributed by atoms with Gasteiger partial charge in [-0.2, -0.15) is 0 Å². The van der Waals surface area contributed by atoms with E-state index in [0.717, 1.165) is 13.0 Å². The molecule has 0 aromatic rings. The zero-order valence-electron chi connectivity index (χ0n) is 12.1. The number of carboxylic acid groups (broad SMARTS) is 1. The summed E-state index contributed by atoms with van der Waals surface area (Å²) < 4.78 is 5.21.